The number of benzene rings is 1. The highest BCUT2D eigenvalue weighted by Crippen LogP contribution is 2.46. The van der Waals surface area contributed by atoms with Crippen molar-refractivity contribution in [1.82, 2.24) is 5.32 Å². The van der Waals surface area contributed by atoms with Crippen molar-refractivity contribution in [1.29, 1.82) is 0 Å². The van der Waals surface area contributed by atoms with E-state index < -0.39 is 6.17 Å². The van der Waals surface area contributed by atoms with Crippen LogP contribution in [0, 0.1) is 11.3 Å². The van der Waals surface area contributed by atoms with Gasteiger partial charge in [-0.1, -0.05) is 50.0 Å². The van der Waals surface area contributed by atoms with Crippen LogP contribution in [0.3, 0.4) is 0 Å². The molecule has 1 amide bonds. The highest BCUT2D eigenvalue weighted by Gasteiger charge is 2.37. The average Bonchev–Trinajstić information content (AvgIpc) is 3.33. The molecule has 2 aromatic heterocycles. The van der Waals surface area contributed by atoms with Crippen LogP contribution in [-0.4, -0.2) is 5.91 Å². The van der Waals surface area contributed by atoms with Gasteiger partial charge in [0.2, 0.25) is 0 Å². The molecule has 0 bridgehead atoms. The van der Waals surface area contributed by atoms with Gasteiger partial charge < -0.3 is 15.1 Å². The third-order valence-corrected chi connectivity index (χ3v) is 8.40. The van der Waals surface area contributed by atoms with Crippen molar-refractivity contribution < 1.29 is 9.21 Å². The van der Waals surface area contributed by atoms with Crippen LogP contribution in [0.2, 0.25) is 10.0 Å². The molecule has 162 valence electrons. The van der Waals surface area contributed by atoms with E-state index in [1.54, 1.807) is 17.4 Å². The molecule has 3 aromatic rings. The molecule has 0 radical (unpaired) electrons. The molecule has 1 aliphatic heterocycles. The first-order valence-corrected chi connectivity index (χ1v) is 12.1. The molecule has 4 nitrogen and oxygen atoms in total. The molecule has 3 heterocycles. The summed E-state index contributed by atoms with van der Waals surface area (Å²) in [5.41, 5.74) is 3.03. The summed E-state index contributed by atoms with van der Waals surface area (Å²) in [6.45, 7) is 6.91. The molecular formula is C24H24Cl2N2O2S. The van der Waals surface area contributed by atoms with Gasteiger partial charge in [-0.3, -0.25) is 4.79 Å². The molecule has 2 N–H and O–H groups in total. The van der Waals surface area contributed by atoms with Crippen LogP contribution >= 0.6 is 34.5 Å². The molecular weight excluding hydrogens is 451 g/mol. The van der Waals surface area contributed by atoms with Crippen LogP contribution in [0.4, 0.5) is 5.00 Å². The second-order valence-corrected chi connectivity index (χ2v) is 11.3. The molecule has 31 heavy (non-hydrogen) atoms. The van der Waals surface area contributed by atoms with E-state index in [1.165, 1.54) is 10.4 Å². The number of anilines is 1. The van der Waals surface area contributed by atoms with Gasteiger partial charge in [-0.05, 0) is 60.4 Å². The molecule has 2 atom stereocenters. The summed E-state index contributed by atoms with van der Waals surface area (Å²) in [5.74, 6) is 1.84. The van der Waals surface area contributed by atoms with Crippen LogP contribution < -0.4 is 10.6 Å². The minimum atomic E-state index is -0.426. The zero-order valence-electron chi connectivity index (χ0n) is 17.6. The number of furan rings is 1. The van der Waals surface area contributed by atoms with Crippen LogP contribution in [-0.2, 0) is 12.8 Å². The molecule has 5 rings (SSSR count). The second-order valence-electron chi connectivity index (χ2n) is 9.37. The second kappa shape index (κ2) is 7.58. The van der Waals surface area contributed by atoms with Crippen LogP contribution in [0.15, 0.2) is 34.7 Å². The van der Waals surface area contributed by atoms with Gasteiger partial charge in [0.1, 0.15) is 16.5 Å². The number of rotatable bonds is 2. The Hall–Kier alpha value is -1.95. The molecule has 0 unspecified atom stereocenters. The first kappa shape index (κ1) is 20.9. The van der Waals surface area contributed by atoms with Gasteiger partial charge in [0.05, 0.1) is 15.6 Å². The minimum absolute atomic E-state index is 0.0378. The Morgan fingerprint density at radius 1 is 1.13 bits per heavy atom. The first-order chi connectivity index (χ1) is 14.7. The van der Waals surface area contributed by atoms with Gasteiger partial charge in [-0.15, -0.1) is 11.3 Å². The summed E-state index contributed by atoms with van der Waals surface area (Å²) in [5, 5.41) is 8.40. The molecule has 0 fully saturated rings. The summed E-state index contributed by atoms with van der Waals surface area (Å²) in [4.78, 5) is 14.4. The lowest BCUT2D eigenvalue weighted by Gasteiger charge is -2.34. The summed E-state index contributed by atoms with van der Waals surface area (Å²) in [7, 11) is 0. The predicted molar refractivity (Wildman–Crippen MR) is 127 cm³/mol. The smallest absolute Gasteiger partial charge is 0.256 e. The number of amides is 1. The summed E-state index contributed by atoms with van der Waals surface area (Å²) in [6.07, 6.45) is 2.69. The largest absolute Gasteiger partial charge is 0.457 e. The Labute approximate surface area is 195 Å². The molecule has 0 spiro atoms. The Morgan fingerprint density at radius 2 is 1.94 bits per heavy atom. The maximum atomic E-state index is 13.0. The van der Waals surface area contributed by atoms with E-state index in [0.29, 0.717) is 27.5 Å². The average molecular weight is 475 g/mol. The first-order valence-electron chi connectivity index (χ1n) is 10.5. The Kier molecular flexibility index (Phi) is 5.11. The van der Waals surface area contributed by atoms with Crippen LogP contribution in [0.1, 0.15) is 59.9 Å². The van der Waals surface area contributed by atoms with Gasteiger partial charge in [-0.25, -0.2) is 0 Å². The normalized spacial score (nSPS) is 20.6. The number of halogens is 2. The monoisotopic (exact) mass is 474 g/mol. The fourth-order valence-electron chi connectivity index (χ4n) is 4.53. The van der Waals surface area contributed by atoms with Crippen molar-refractivity contribution in [2.24, 2.45) is 11.3 Å². The van der Waals surface area contributed by atoms with Crippen molar-refractivity contribution >= 4 is 45.4 Å². The van der Waals surface area contributed by atoms with Gasteiger partial charge in [0.15, 0.2) is 6.17 Å². The number of hydrogen-bond acceptors (Lipinski definition) is 4. The van der Waals surface area contributed by atoms with E-state index in [4.69, 9.17) is 27.6 Å². The molecule has 1 aliphatic carbocycles. The standard InChI is InChI=1S/C24H24Cl2N2O2S/c1-24(2,3)12-7-8-14-18(11-12)31-23-19(14)22(29)27-21(28-23)17-10-9-16(30-17)13-5-4-6-15(25)20(13)26/h4-6,9-10,12,21,28H,7-8,11H2,1-3H3,(H,27,29)/t12-,21+/m1/s1. The molecule has 7 heteroatoms. The number of carbonyl (C=O) groups excluding carboxylic acids is 1. The summed E-state index contributed by atoms with van der Waals surface area (Å²) < 4.78 is 6.06. The highest BCUT2D eigenvalue weighted by molar-refractivity contribution is 7.16. The Balaban J connectivity index is 1.43. The van der Waals surface area contributed by atoms with Gasteiger partial charge in [0, 0.05) is 10.4 Å². The molecule has 0 saturated heterocycles. The SMILES string of the molecule is CC(C)(C)[C@@H]1CCc2c(sc3c2C(=O)N[C@H](c2ccc(-c4cccc(Cl)c4Cl)o2)N3)C1. The van der Waals surface area contributed by atoms with Gasteiger partial charge in [0.25, 0.3) is 5.91 Å². The third kappa shape index (κ3) is 3.67. The van der Waals surface area contributed by atoms with E-state index in [0.717, 1.165) is 35.4 Å². The number of nitrogens with one attached hydrogen (secondary N) is 2. The minimum Gasteiger partial charge on any atom is -0.457 e. The third-order valence-electron chi connectivity index (χ3n) is 6.40. The number of thiophene rings is 1. The zero-order chi connectivity index (χ0) is 21.9. The number of hydrogen-bond donors (Lipinski definition) is 2. The summed E-state index contributed by atoms with van der Waals surface area (Å²) in [6, 6.07) is 9.15. The Bertz CT molecular complexity index is 1170. The van der Waals surface area contributed by atoms with Crippen LogP contribution in [0.5, 0.6) is 0 Å². The van der Waals surface area contributed by atoms with E-state index in [-0.39, 0.29) is 11.3 Å². The van der Waals surface area contributed by atoms with Crippen molar-refractivity contribution in [3.8, 4) is 11.3 Å². The molecule has 2 aliphatic rings. The van der Waals surface area contributed by atoms with Gasteiger partial charge >= 0.3 is 0 Å². The highest BCUT2D eigenvalue weighted by atomic mass is 35.5. The van der Waals surface area contributed by atoms with E-state index >= 15 is 0 Å². The molecule has 0 saturated carbocycles. The number of fused-ring (bicyclic) bond motifs is 3. The maximum absolute atomic E-state index is 13.0. The van der Waals surface area contributed by atoms with Gasteiger partial charge in [-0.2, -0.15) is 0 Å². The maximum Gasteiger partial charge on any atom is 0.256 e. The lowest BCUT2D eigenvalue weighted by Crippen LogP contribution is -2.38. The fraction of sp³-hybridized carbons (Fsp3) is 0.375. The fourth-order valence-corrected chi connectivity index (χ4v) is 6.27. The topological polar surface area (TPSA) is 54.3 Å². The lowest BCUT2D eigenvalue weighted by atomic mass is 9.72. The Morgan fingerprint density at radius 3 is 2.71 bits per heavy atom. The van der Waals surface area contributed by atoms with E-state index in [1.807, 2.05) is 24.3 Å². The quantitative estimate of drug-likeness (QED) is 0.408. The van der Waals surface area contributed by atoms with Crippen LogP contribution in [0.25, 0.3) is 11.3 Å². The van der Waals surface area contributed by atoms with Crippen molar-refractivity contribution in [3.63, 3.8) is 0 Å². The molecule has 1 aromatic carbocycles. The predicted octanol–water partition coefficient (Wildman–Crippen LogP) is 7.32. The van der Waals surface area contributed by atoms with E-state index in [2.05, 4.69) is 31.4 Å². The lowest BCUT2D eigenvalue weighted by molar-refractivity contribution is 0.0930. The van der Waals surface area contributed by atoms with Crippen molar-refractivity contribution in [2.45, 2.75) is 46.2 Å². The summed E-state index contributed by atoms with van der Waals surface area (Å²) >= 11 is 14.2. The van der Waals surface area contributed by atoms with Crippen molar-refractivity contribution in [3.05, 3.63) is 62.1 Å². The van der Waals surface area contributed by atoms with E-state index in [9.17, 15) is 4.79 Å². The number of carbonyl (C=O) groups is 1. The zero-order valence-corrected chi connectivity index (χ0v) is 20.0. The van der Waals surface area contributed by atoms with Crippen molar-refractivity contribution in [2.75, 3.05) is 5.32 Å².